The molecule has 1 N–H and O–H groups in total. The fourth-order valence-corrected chi connectivity index (χ4v) is 2.46. The molecule has 1 aromatic rings. The highest BCUT2D eigenvalue weighted by Gasteiger charge is 2.18. The van der Waals surface area contributed by atoms with Crippen LogP contribution in [0.5, 0.6) is 17.2 Å². The van der Waals surface area contributed by atoms with Crippen molar-refractivity contribution in [1.82, 2.24) is 5.32 Å². The Hall–Kier alpha value is -1.91. The summed E-state index contributed by atoms with van der Waals surface area (Å²) in [7, 11) is 4.68. The maximum absolute atomic E-state index is 12.3. The minimum absolute atomic E-state index is 0.0215. The third kappa shape index (κ3) is 5.66. The number of amides is 1. The van der Waals surface area contributed by atoms with Crippen LogP contribution < -0.4 is 19.5 Å². The van der Waals surface area contributed by atoms with Gasteiger partial charge in [-0.15, -0.1) is 0 Å². The zero-order valence-corrected chi connectivity index (χ0v) is 15.1. The molecule has 5 nitrogen and oxygen atoms in total. The molecule has 1 atom stereocenters. The molecule has 0 aliphatic carbocycles. The predicted molar refractivity (Wildman–Crippen MR) is 91.5 cm³/mol. The second kappa shape index (κ2) is 9.28. The number of benzene rings is 1. The molecule has 0 spiro atoms. The lowest BCUT2D eigenvalue weighted by Crippen LogP contribution is -2.34. The van der Waals surface area contributed by atoms with Gasteiger partial charge in [0.25, 0.3) is 0 Å². The Labute approximate surface area is 139 Å². The van der Waals surface area contributed by atoms with Crippen molar-refractivity contribution in [3.05, 3.63) is 17.7 Å². The molecule has 0 aliphatic rings. The van der Waals surface area contributed by atoms with Gasteiger partial charge in [0, 0.05) is 11.6 Å². The summed E-state index contributed by atoms with van der Waals surface area (Å²) >= 11 is 0. The van der Waals surface area contributed by atoms with Crippen LogP contribution in [-0.4, -0.2) is 33.3 Å². The van der Waals surface area contributed by atoms with Crippen LogP contribution in [0.3, 0.4) is 0 Å². The summed E-state index contributed by atoms with van der Waals surface area (Å²) in [6.07, 6.45) is 2.32. The molecule has 1 unspecified atom stereocenters. The van der Waals surface area contributed by atoms with Gasteiger partial charge in [-0.1, -0.05) is 19.9 Å². The molecule has 0 fully saturated rings. The first-order chi connectivity index (χ1) is 10.9. The molecule has 0 bridgehead atoms. The van der Waals surface area contributed by atoms with Crippen molar-refractivity contribution >= 4 is 5.91 Å². The fourth-order valence-electron chi connectivity index (χ4n) is 2.46. The van der Waals surface area contributed by atoms with Crippen LogP contribution in [-0.2, 0) is 11.2 Å². The highest BCUT2D eigenvalue weighted by atomic mass is 16.5. The van der Waals surface area contributed by atoms with Gasteiger partial charge in [-0.05, 0) is 31.7 Å². The van der Waals surface area contributed by atoms with Crippen LogP contribution in [0.4, 0.5) is 0 Å². The second-order valence-corrected chi connectivity index (χ2v) is 6.11. The molecule has 23 heavy (non-hydrogen) atoms. The molecule has 0 saturated heterocycles. The summed E-state index contributed by atoms with van der Waals surface area (Å²) in [5.41, 5.74) is 0.777. The number of methoxy groups -OCH3 is 3. The summed E-state index contributed by atoms with van der Waals surface area (Å²) < 4.78 is 16.0. The number of nitrogens with one attached hydrogen (secondary N) is 1. The van der Waals surface area contributed by atoms with Gasteiger partial charge in [-0.3, -0.25) is 4.79 Å². The molecule has 0 aliphatic heterocycles. The lowest BCUT2D eigenvalue weighted by atomic mass is 10.0. The Balaban J connectivity index is 2.78. The van der Waals surface area contributed by atoms with Gasteiger partial charge in [-0.25, -0.2) is 0 Å². The third-order valence-corrected chi connectivity index (χ3v) is 3.72. The highest BCUT2D eigenvalue weighted by Crippen LogP contribution is 2.39. The molecular formula is C18H29NO4. The Kier molecular flexibility index (Phi) is 7.72. The van der Waals surface area contributed by atoms with Crippen molar-refractivity contribution in [1.29, 1.82) is 0 Å². The van der Waals surface area contributed by atoms with E-state index in [-0.39, 0.29) is 18.4 Å². The smallest absolute Gasteiger partial charge is 0.224 e. The van der Waals surface area contributed by atoms with Crippen LogP contribution >= 0.6 is 0 Å². The van der Waals surface area contributed by atoms with Crippen LogP contribution in [0.15, 0.2) is 12.1 Å². The largest absolute Gasteiger partial charge is 0.493 e. The quantitative estimate of drug-likeness (QED) is 0.758. The molecule has 0 radical (unpaired) electrons. The van der Waals surface area contributed by atoms with E-state index in [1.165, 1.54) is 0 Å². The van der Waals surface area contributed by atoms with E-state index in [9.17, 15) is 4.79 Å². The van der Waals surface area contributed by atoms with Crippen LogP contribution in [0.2, 0.25) is 0 Å². The number of carbonyl (C=O) groups is 1. The molecular weight excluding hydrogens is 294 g/mol. The van der Waals surface area contributed by atoms with Gasteiger partial charge >= 0.3 is 0 Å². The predicted octanol–water partition coefficient (Wildman–Crippen LogP) is 3.20. The average molecular weight is 323 g/mol. The van der Waals surface area contributed by atoms with E-state index < -0.39 is 0 Å². The number of hydrogen-bond acceptors (Lipinski definition) is 4. The monoisotopic (exact) mass is 323 g/mol. The summed E-state index contributed by atoms with van der Waals surface area (Å²) in [5.74, 6) is 2.25. The van der Waals surface area contributed by atoms with Gasteiger partial charge in [0.2, 0.25) is 11.7 Å². The van der Waals surface area contributed by atoms with Gasteiger partial charge in [0.1, 0.15) is 0 Å². The molecule has 5 heteroatoms. The Morgan fingerprint density at radius 3 is 2.17 bits per heavy atom. The first kappa shape index (κ1) is 19.1. The number of hydrogen-bond donors (Lipinski definition) is 1. The van der Waals surface area contributed by atoms with Crippen molar-refractivity contribution in [2.45, 2.75) is 46.1 Å². The van der Waals surface area contributed by atoms with Crippen molar-refractivity contribution < 1.29 is 19.0 Å². The summed E-state index contributed by atoms with van der Waals surface area (Å²) in [6, 6.07) is 3.78. The van der Waals surface area contributed by atoms with Crippen LogP contribution in [0.25, 0.3) is 0 Å². The van der Waals surface area contributed by atoms with Crippen molar-refractivity contribution in [3.63, 3.8) is 0 Å². The van der Waals surface area contributed by atoms with Crippen LogP contribution in [0.1, 0.15) is 39.2 Å². The molecule has 0 saturated carbocycles. The number of rotatable bonds is 9. The second-order valence-electron chi connectivity index (χ2n) is 6.11. The fraction of sp³-hybridized carbons (Fsp3) is 0.611. The first-order valence-corrected chi connectivity index (χ1v) is 8.00. The van der Waals surface area contributed by atoms with E-state index >= 15 is 0 Å². The Morgan fingerprint density at radius 2 is 1.65 bits per heavy atom. The minimum Gasteiger partial charge on any atom is -0.493 e. The lowest BCUT2D eigenvalue weighted by Gasteiger charge is -2.17. The Bertz CT molecular complexity index is 514. The SMILES string of the molecule is COc1ccc(CC(=O)NC(C)CCC(C)C)c(OC)c1OC. The number of ether oxygens (including phenoxy) is 3. The summed E-state index contributed by atoms with van der Waals surface area (Å²) in [4.78, 5) is 12.3. The Morgan fingerprint density at radius 1 is 1.00 bits per heavy atom. The van der Waals surface area contributed by atoms with Crippen molar-refractivity contribution in [2.24, 2.45) is 5.92 Å². The third-order valence-electron chi connectivity index (χ3n) is 3.72. The van der Waals surface area contributed by atoms with Crippen molar-refractivity contribution in [3.8, 4) is 17.2 Å². The molecule has 0 aromatic heterocycles. The van der Waals surface area contributed by atoms with E-state index in [0.717, 1.165) is 18.4 Å². The first-order valence-electron chi connectivity index (χ1n) is 8.00. The summed E-state index contributed by atoms with van der Waals surface area (Å²) in [5, 5.41) is 3.03. The van der Waals surface area contributed by atoms with Gasteiger partial charge in [0.15, 0.2) is 11.5 Å². The highest BCUT2D eigenvalue weighted by molar-refractivity contribution is 5.80. The zero-order valence-electron chi connectivity index (χ0n) is 15.1. The molecule has 130 valence electrons. The zero-order chi connectivity index (χ0) is 17.4. The molecule has 0 heterocycles. The average Bonchev–Trinajstić information content (AvgIpc) is 2.52. The lowest BCUT2D eigenvalue weighted by molar-refractivity contribution is -0.121. The molecule has 1 rings (SSSR count). The van der Waals surface area contributed by atoms with E-state index in [2.05, 4.69) is 19.2 Å². The minimum atomic E-state index is -0.0215. The molecule has 1 aromatic carbocycles. The maximum Gasteiger partial charge on any atom is 0.224 e. The maximum atomic E-state index is 12.3. The topological polar surface area (TPSA) is 56.8 Å². The van der Waals surface area contributed by atoms with Crippen LogP contribution in [0, 0.1) is 5.92 Å². The summed E-state index contributed by atoms with van der Waals surface area (Å²) in [6.45, 7) is 6.40. The van der Waals surface area contributed by atoms with E-state index in [0.29, 0.717) is 23.2 Å². The van der Waals surface area contributed by atoms with Gasteiger partial charge in [-0.2, -0.15) is 0 Å². The van der Waals surface area contributed by atoms with Gasteiger partial charge in [0.05, 0.1) is 27.8 Å². The normalized spacial score (nSPS) is 12.0. The molecule has 1 amide bonds. The van der Waals surface area contributed by atoms with Gasteiger partial charge < -0.3 is 19.5 Å². The van der Waals surface area contributed by atoms with E-state index in [1.807, 2.05) is 13.0 Å². The van der Waals surface area contributed by atoms with E-state index in [4.69, 9.17) is 14.2 Å². The number of carbonyl (C=O) groups excluding carboxylic acids is 1. The standard InChI is InChI=1S/C18H29NO4/c1-12(2)7-8-13(3)19-16(20)11-14-9-10-15(21-4)18(23-6)17(14)22-5/h9-10,12-13H,7-8,11H2,1-6H3,(H,19,20). The van der Waals surface area contributed by atoms with E-state index in [1.54, 1.807) is 27.4 Å². The van der Waals surface area contributed by atoms with Crippen molar-refractivity contribution in [2.75, 3.05) is 21.3 Å².